The first-order valence-electron chi connectivity index (χ1n) is 2.86. The van der Waals surface area contributed by atoms with Gasteiger partial charge in [0, 0.05) is 6.61 Å². The lowest BCUT2D eigenvalue weighted by molar-refractivity contribution is 0.229. The molecule has 0 radical (unpaired) electrons. The van der Waals surface area contributed by atoms with Crippen LogP contribution in [-0.2, 0) is 4.74 Å². The number of aliphatic hydroxyl groups excluding tert-OH is 1. The van der Waals surface area contributed by atoms with E-state index in [0.717, 1.165) is 0 Å². The minimum atomic E-state index is -0.0955. The maximum Gasteiger partial charge on any atom is 0.106 e. The molecular formula is C6H9BrO2. The third-order valence-corrected chi connectivity index (χ3v) is 2.20. The van der Waals surface area contributed by atoms with Crippen molar-refractivity contribution in [1.29, 1.82) is 0 Å². The van der Waals surface area contributed by atoms with Crippen LogP contribution in [0.5, 0.6) is 0 Å². The summed E-state index contributed by atoms with van der Waals surface area (Å²) in [6.45, 7) is 0.826. The van der Waals surface area contributed by atoms with Crippen LogP contribution in [0.2, 0.25) is 0 Å². The smallest absolute Gasteiger partial charge is 0.106 e. The second-order valence-corrected chi connectivity index (χ2v) is 3.70. The van der Waals surface area contributed by atoms with Crippen molar-refractivity contribution in [2.75, 3.05) is 13.2 Å². The molecule has 1 rings (SSSR count). The van der Waals surface area contributed by atoms with Gasteiger partial charge < -0.3 is 9.84 Å². The molecule has 1 aliphatic rings. The molecule has 0 aromatic rings. The molecule has 0 spiro atoms. The van der Waals surface area contributed by atoms with E-state index in [-0.39, 0.29) is 10.9 Å². The van der Waals surface area contributed by atoms with Gasteiger partial charge in [0.2, 0.25) is 0 Å². The number of rotatable bonds is 2. The van der Waals surface area contributed by atoms with Crippen LogP contribution in [0.25, 0.3) is 0 Å². The van der Waals surface area contributed by atoms with Gasteiger partial charge in [-0.15, -0.1) is 0 Å². The van der Waals surface area contributed by atoms with Crippen molar-refractivity contribution in [3.05, 3.63) is 12.3 Å². The van der Waals surface area contributed by atoms with E-state index in [1.54, 1.807) is 6.26 Å². The molecule has 0 amide bonds. The summed E-state index contributed by atoms with van der Waals surface area (Å²) < 4.78 is 4.88. The highest BCUT2D eigenvalue weighted by atomic mass is 79.9. The third-order valence-electron chi connectivity index (χ3n) is 1.31. The summed E-state index contributed by atoms with van der Waals surface area (Å²) in [6, 6.07) is 0. The van der Waals surface area contributed by atoms with E-state index in [2.05, 4.69) is 15.9 Å². The molecule has 3 heteroatoms. The Bertz CT molecular complexity index is 124. The van der Waals surface area contributed by atoms with E-state index >= 15 is 0 Å². The van der Waals surface area contributed by atoms with Crippen LogP contribution in [0.15, 0.2) is 12.3 Å². The molecule has 0 bridgehead atoms. The number of aliphatic hydroxyl groups is 1. The summed E-state index contributed by atoms with van der Waals surface area (Å²) in [5, 5.41) is 8.57. The number of ether oxygens (including phenoxy) is 1. The normalized spacial score (nSPS) is 32.7. The van der Waals surface area contributed by atoms with Crippen LogP contribution >= 0.6 is 15.9 Å². The van der Waals surface area contributed by atoms with Gasteiger partial charge in [0.05, 0.1) is 10.6 Å². The molecular weight excluding hydrogens is 184 g/mol. The lowest BCUT2D eigenvalue weighted by Crippen LogP contribution is -2.20. The van der Waals surface area contributed by atoms with Gasteiger partial charge in [-0.3, -0.25) is 0 Å². The molecule has 0 aliphatic carbocycles. The van der Waals surface area contributed by atoms with E-state index in [0.29, 0.717) is 13.0 Å². The van der Waals surface area contributed by atoms with Gasteiger partial charge >= 0.3 is 0 Å². The molecule has 9 heavy (non-hydrogen) atoms. The number of hydrogen-bond donors (Lipinski definition) is 1. The number of hydrogen-bond acceptors (Lipinski definition) is 2. The summed E-state index contributed by atoms with van der Waals surface area (Å²) in [7, 11) is 0. The second kappa shape index (κ2) is 2.71. The largest absolute Gasteiger partial charge is 0.500 e. The molecule has 1 aliphatic heterocycles. The van der Waals surface area contributed by atoms with Gasteiger partial charge in [-0.1, -0.05) is 15.9 Å². The van der Waals surface area contributed by atoms with Crippen LogP contribution in [-0.4, -0.2) is 22.6 Å². The maximum absolute atomic E-state index is 8.57. The van der Waals surface area contributed by atoms with E-state index < -0.39 is 0 Å². The van der Waals surface area contributed by atoms with Crippen molar-refractivity contribution >= 4 is 15.9 Å². The Labute approximate surface area is 62.6 Å². The van der Waals surface area contributed by atoms with E-state index in [4.69, 9.17) is 9.84 Å². The van der Waals surface area contributed by atoms with E-state index in [1.807, 2.05) is 6.08 Å². The fourth-order valence-corrected chi connectivity index (χ4v) is 1.16. The van der Waals surface area contributed by atoms with Crippen molar-refractivity contribution in [3.63, 3.8) is 0 Å². The Morgan fingerprint density at radius 2 is 2.56 bits per heavy atom. The van der Waals surface area contributed by atoms with Crippen molar-refractivity contribution in [3.8, 4) is 0 Å². The van der Waals surface area contributed by atoms with Gasteiger partial charge in [0.1, 0.15) is 6.61 Å². The monoisotopic (exact) mass is 192 g/mol. The highest BCUT2D eigenvalue weighted by molar-refractivity contribution is 9.10. The number of halogens is 1. The molecule has 1 heterocycles. The molecule has 1 unspecified atom stereocenters. The van der Waals surface area contributed by atoms with Gasteiger partial charge in [0.15, 0.2) is 0 Å². The zero-order valence-corrected chi connectivity index (χ0v) is 6.60. The topological polar surface area (TPSA) is 29.5 Å². The van der Waals surface area contributed by atoms with Crippen molar-refractivity contribution < 1.29 is 9.84 Å². The molecule has 1 N–H and O–H groups in total. The van der Waals surface area contributed by atoms with Crippen LogP contribution < -0.4 is 0 Å². The standard InChI is InChI=1S/C6H9BrO2/c7-6(1-3-8)2-4-9-5-6/h2,4,8H,1,3,5H2. The molecule has 0 aromatic carbocycles. The van der Waals surface area contributed by atoms with Crippen molar-refractivity contribution in [2.45, 2.75) is 10.7 Å². The Morgan fingerprint density at radius 1 is 1.78 bits per heavy atom. The van der Waals surface area contributed by atoms with Crippen molar-refractivity contribution in [2.24, 2.45) is 0 Å². The van der Waals surface area contributed by atoms with E-state index in [9.17, 15) is 0 Å². The second-order valence-electron chi connectivity index (χ2n) is 2.12. The van der Waals surface area contributed by atoms with E-state index in [1.165, 1.54) is 0 Å². The zero-order chi connectivity index (χ0) is 6.74. The third kappa shape index (κ3) is 1.69. The molecule has 52 valence electrons. The Kier molecular flexibility index (Phi) is 2.13. The van der Waals surface area contributed by atoms with Crippen LogP contribution in [0, 0.1) is 0 Å². The minimum absolute atomic E-state index is 0.0955. The van der Waals surface area contributed by atoms with Crippen LogP contribution in [0.4, 0.5) is 0 Å². The fourth-order valence-electron chi connectivity index (χ4n) is 0.746. The number of alkyl halides is 1. The van der Waals surface area contributed by atoms with Gasteiger partial charge in [-0.2, -0.15) is 0 Å². The highest BCUT2D eigenvalue weighted by Crippen LogP contribution is 2.28. The molecule has 0 saturated heterocycles. The van der Waals surface area contributed by atoms with Crippen LogP contribution in [0.3, 0.4) is 0 Å². The summed E-state index contributed by atoms with van der Waals surface area (Å²) in [5.41, 5.74) is 0. The lowest BCUT2D eigenvalue weighted by atomic mass is 10.1. The highest BCUT2D eigenvalue weighted by Gasteiger charge is 2.26. The predicted octanol–water partition coefficient (Wildman–Crippen LogP) is 1.05. The Balaban J connectivity index is 2.42. The lowest BCUT2D eigenvalue weighted by Gasteiger charge is -2.14. The molecule has 0 aromatic heterocycles. The summed E-state index contributed by atoms with van der Waals surface area (Å²) in [4.78, 5) is 0. The maximum atomic E-state index is 8.57. The minimum Gasteiger partial charge on any atom is -0.500 e. The SMILES string of the molecule is OCCC1(Br)C=COC1. The average molecular weight is 193 g/mol. The summed E-state index contributed by atoms with van der Waals surface area (Å²) in [6.07, 6.45) is 4.29. The van der Waals surface area contributed by atoms with Gasteiger partial charge in [-0.05, 0) is 12.5 Å². The van der Waals surface area contributed by atoms with Gasteiger partial charge in [-0.25, -0.2) is 0 Å². The molecule has 2 nitrogen and oxygen atoms in total. The zero-order valence-electron chi connectivity index (χ0n) is 5.01. The molecule has 1 atom stereocenters. The first-order chi connectivity index (χ1) is 4.27. The predicted molar refractivity (Wildman–Crippen MR) is 38.5 cm³/mol. The Hall–Kier alpha value is -0.0200. The summed E-state index contributed by atoms with van der Waals surface area (Å²) in [5.74, 6) is 0. The average Bonchev–Trinajstić information content (AvgIpc) is 2.16. The summed E-state index contributed by atoms with van der Waals surface area (Å²) >= 11 is 3.43. The fraction of sp³-hybridized carbons (Fsp3) is 0.667. The molecule has 0 saturated carbocycles. The van der Waals surface area contributed by atoms with Crippen molar-refractivity contribution in [1.82, 2.24) is 0 Å². The quantitative estimate of drug-likeness (QED) is 0.664. The first-order valence-corrected chi connectivity index (χ1v) is 3.65. The van der Waals surface area contributed by atoms with Crippen LogP contribution in [0.1, 0.15) is 6.42 Å². The Morgan fingerprint density at radius 3 is 3.00 bits per heavy atom. The molecule has 0 fully saturated rings. The van der Waals surface area contributed by atoms with Gasteiger partial charge in [0.25, 0.3) is 0 Å². The first kappa shape index (κ1) is 7.09.